The summed E-state index contributed by atoms with van der Waals surface area (Å²) in [5, 5.41) is 0. The van der Waals surface area contributed by atoms with Crippen LogP contribution < -0.4 is 0 Å². The van der Waals surface area contributed by atoms with Gasteiger partial charge in [0.05, 0.1) is 0 Å². The Morgan fingerprint density at radius 2 is 1.77 bits per heavy atom. The largest absolute Gasteiger partial charge is 0.301 e. The summed E-state index contributed by atoms with van der Waals surface area (Å²) in [4.78, 5) is 2.64. The van der Waals surface area contributed by atoms with Crippen molar-refractivity contribution in [1.29, 1.82) is 0 Å². The summed E-state index contributed by atoms with van der Waals surface area (Å²) >= 11 is 5.70. The third-order valence-electron chi connectivity index (χ3n) is 3.02. The number of alkyl halides is 1. The Hall–Kier alpha value is 0.250. The molecule has 2 heteroatoms. The van der Waals surface area contributed by atoms with Crippen molar-refractivity contribution < 1.29 is 0 Å². The summed E-state index contributed by atoms with van der Waals surface area (Å²) in [5.41, 5.74) is 0. The van der Waals surface area contributed by atoms with E-state index in [1.807, 2.05) is 0 Å². The van der Waals surface area contributed by atoms with Crippen LogP contribution in [-0.2, 0) is 0 Å². The zero-order chi connectivity index (χ0) is 9.52. The smallest absolute Gasteiger partial charge is 0.0224 e. The van der Waals surface area contributed by atoms with Gasteiger partial charge in [-0.15, -0.1) is 11.6 Å². The van der Waals surface area contributed by atoms with Gasteiger partial charge < -0.3 is 4.90 Å². The third-order valence-corrected chi connectivity index (χ3v) is 3.29. The van der Waals surface area contributed by atoms with Crippen molar-refractivity contribution in [3.05, 3.63) is 0 Å². The Morgan fingerprint density at radius 3 is 2.31 bits per heavy atom. The first kappa shape index (κ1) is 11.3. The molecule has 1 fully saturated rings. The van der Waals surface area contributed by atoms with Crippen LogP contribution in [0.4, 0.5) is 0 Å². The molecule has 1 rings (SSSR count). The second kappa shape index (κ2) is 6.67. The second-order valence-corrected chi connectivity index (χ2v) is 4.51. The lowest BCUT2D eigenvalue weighted by Gasteiger charge is -2.27. The van der Waals surface area contributed by atoms with Crippen LogP contribution >= 0.6 is 11.6 Å². The van der Waals surface area contributed by atoms with Crippen LogP contribution in [0.15, 0.2) is 0 Å². The molecule has 0 spiro atoms. The van der Waals surface area contributed by atoms with Gasteiger partial charge in [0.25, 0.3) is 0 Å². The Bertz CT molecular complexity index is 119. The standard InChI is InChI=1S/C11H22ClN/c1-11(7-6-8-12)13-9-4-2-3-5-10-13/h11H,2-10H2,1H3/t11-/m0/s1. The number of likely N-dealkylation sites (tertiary alicyclic amines) is 1. The summed E-state index contributed by atoms with van der Waals surface area (Å²) in [6, 6.07) is 0.747. The summed E-state index contributed by atoms with van der Waals surface area (Å²) in [6.45, 7) is 4.96. The molecule has 1 heterocycles. The number of nitrogens with zero attached hydrogens (tertiary/aromatic N) is 1. The maximum Gasteiger partial charge on any atom is 0.0224 e. The highest BCUT2D eigenvalue weighted by Crippen LogP contribution is 2.15. The number of hydrogen-bond donors (Lipinski definition) is 0. The van der Waals surface area contributed by atoms with Crippen molar-refractivity contribution >= 4 is 11.6 Å². The van der Waals surface area contributed by atoms with Gasteiger partial charge in [0, 0.05) is 11.9 Å². The third kappa shape index (κ3) is 4.33. The highest BCUT2D eigenvalue weighted by atomic mass is 35.5. The van der Waals surface area contributed by atoms with Crippen molar-refractivity contribution in [3.8, 4) is 0 Å². The van der Waals surface area contributed by atoms with Crippen LogP contribution in [0.1, 0.15) is 45.4 Å². The molecule has 78 valence electrons. The molecule has 0 bridgehead atoms. The van der Waals surface area contributed by atoms with E-state index in [2.05, 4.69) is 11.8 Å². The summed E-state index contributed by atoms with van der Waals surface area (Å²) in [5.74, 6) is 0.818. The van der Waals surface area contributed by atoms with Crippen molar-refractivity contribution in [2.24, 2.45) is 0 Å². The van der Waals surface area contributed by atoms with Crippen LogP contribution in [0.2, 0.25) is 0 Å². The SMILES string of the molecule is C[C@@H](CCCCl)N1CCCCCC1. The molecule has 0 aliphatic carbocycles. The molecule has 0 aromatic carbocycles. The van der Waals surface area contributed by atoms with Gasteiger partial charge >= 0.3 is 0 Å². The molecule has 13 heavy (non-hydrogen) atoms. The van der Waals surface area contributed by atoms with Crippen molar-refractivity contribution in [2.45, 2.75) is 51.5 Å². The predicted octanol–water partition coefficient (Wildman–Crippen LogP) is 3.27. The minimum atomic E-state index is 0.747. The number of hydrogen-bond acceptors (Lipinski definition) is 1. The van der Waals surface area contributed by atoms with Gasteiger partial charge in [-0.2, -0.15) is 0 Å². The van der Waals surface area contributed by atoms with Gasteiger partial charge in [-0.25, -0.2) is 0 Å². The Labute approximate surface area is 87.4 Å². The van der Waals surface area contributed by atoms with Gasteiger partial charge in [0.2, 0.25) is 0 Å². The van der Waals surface area contributed by atoms with Crippen LogP contribution in [0.25, 0.3) is 0 Å². The molecule has 1 saturated heterocycles. The zero-order valence-electron chi connectivity index (χ0n) is 8.77. The zero-order valence-corrected chi connectivity index (χ0v) is 9.52. The Balaban J connectivity index is 2.22. The van der Waals surface area contributed by atoms with E-state index in [0.717, 1.165) is 11.9 Å². The first-order valence-corrected chi connectivity index (χ1v) is 6.18. The molecule has 0 N–H and O–H groups in total. The Kier molecular flexibility index (Phi) is 5.81. The lowest BCUT2D eigenvalue weighted by Crippen LogP contribution is -2.33. The highest BCUT2D eigenvalue weighted by molar-refractivity contribution is 6.17. The average molecular weight is 204 g/mol. The van der Waals surface area contributed by atoms with Gasteiger partial charge in [0.15, 0.2) is 0 Å². The molecule has 0 amide bonds. The molecule has 0 aromatic rings. The second-order valence-electron chi connectivity index (χ2n) is 4.13. The van der Waals surface area contributed by atoms with E-state index in [0.29, 0.717) is 0 Å². The van der Waals surface area contributed by atoms with E-state index in [-0.39, 0.29) is 0 Å². The number of rotatable bonds is 4. The van der Waals surface area contributed by atoms with E-state index in [1.54, 1.807) is 0 Å². The Morgan fingerprint density at radius 1 is 1.15 bits per heavy atom. The monoisotopic (exact) mass is 203 g/mol. The summed E-state index contributed by atoms with van der Waals surface area (Å²) < 4.78 is 0. The van der Waals surface area contributed by atoms with Crippen LogP contribution in [0.3, 0.4) is 0 Å². The summed E-state index contributed by atoms with van der Waals surface area (Å²) in [7, 11) is 0. The molecule has 0 unspecified atom stereocenters. The van der Waals surface area contributed by atoms with Crippen LogP contribution in [0.5, 0.6) is 0 Å². The minimum Gasteiger partial charge on any atom is -0.301 e. The lowest BCUT2D eigenvalue weighted by molar-refractivity contribution is 0.206. The van der Waals surface area contributed by atoms with Gasteiger partial charge in [0.1, 0.15) is 0 Å². The maximum absolute atomic E-state index is 5.70. The fraction of sp³-hybridized carbons (Fsp3) is 1.00. The first-order chi connectivity index (χ1) is 6.34. The van der Waals surface area contributed by atoms with Crippen molar-refractivity contribution in [3.63, 3.8) is 0 Å². The highest BCUT2D eigenvalue weighted by Gasteiger charge is 2.14. The number of halogens is 1. The van der Waals surface area contributed by atoms with Gasteiger partial charge in [-0.1, -0.05) is 12.8 Å². The predicted molar refractivity (Wildman–Crippen MR) is 59.5 cm³/mol. The van der Waals surface area contributed by atoms with Gasteiger partial charge in [-0.3, -0.25) is 0 Å². The maximum atomic E-state index is 5.70. The topological polar surface area (TPSA) is 3.24 Å². The molecule has 1 nitrogen and oxygen atoms in total. The van der Waals surface area contributed by atoms with Crippen LogP contribution in [0, 0.1) is 0 Å². The molecule has 1 aliphatic heterocycles. The summed E-state index contributed by atoms with van der Waals surface area (Å²) in [6.07, 6.45) is 8.08. The van der Waals surface area contributed by atoms with E-state index in [1.165, 1.54) is 51.6 Å². The van der Waals surface area contributed by atoms with E-state index < -0.39 is 0 Å². The van der Waals surface area contributed by atoms with Crippen molar-refractivity contribution in [2.75, 3.05) is 19.0 Å². The molecular weight excluding hydrogens is 182 g/mol. The van der Waals surface area contributed by atoms with Crippen molar-refractivity contribution in [1.82, 2.24) is 4.90 Å². The van der Waals surface area contributed by atoms with Gasteiger partial charge in [-0.05, 0) is 45.7 Å². The fourth-order valence-electron chi connectivity index (χ4n) is 2.09. The normalized spacial score (nSPS) is 22.6. The molecule has 0 saturated carbocycles. The van der Waals surface area contributed by atoms with E-state index in [9.17, 15) is 0 Å². The molecule has 0 aromatic heterocycles. The van der Waals surface area contributed by atoms with Crippen LogP contribution in [-0.4, -0.2) is 29.9 Å². The minimum absolute atomic E-state index is 0.747. The lowest BCUT2D eigenvalue weighted by atomic mass is 10.1. The molecular formula is C11H22ClN. The fourth-order valence-corrected chi connectivity index (χ4v) is 2.25. The van der Waals surface area contributed by atoms with E-state index >= 15 is 0 Å². The average Bonchev–Trinajstić information content (AvgIpc) is 2.42. The first-order valence-electron chi connectivity index (χ1n) is 5.64. The molecule has 0 radical (unpaired) electrons. The molecule has 1 aliphatic rings. The molecule has 1 atom stereocenters. The van der Waals surface area contributed by atoms with E-state index in [4.69, 9.17) is 11.6 Å². The quantitative estimate of drug-likeness (QED) is 0.634.